The Labute approximate surface area is 131 Å². The molecule has 22 heavy (non-hydrogen) atoms. The second kappa shape index (κ2) is 6.57. The van der Waals surface area contributed by atoms with Gasteiger partial charge in [0.25, 0.3) is 0 Å². The molecule has 1 aliphatic rings. The second-order valence-electron chi connectivity index (χ2n) is 6.02. The van der Waals surface area contributed by atoms with E-state index in [2.05, 4.69) is 6.92 Å². The Balaban J connectivity index is 2.14. The third-order valence-electron chi connectivity index (χ3n) is 4.63. The fourth-order valence-electron chi connectivity index (χ4n) is 3.42. The third kappa shape index (κ3) is 2.91. The average molecular weight is 299 g/mol. The van der Waals surface area contributed by atoms with Crippen LogP contribution in [0.4, 0.5) is 4.39 Å². The van der Waals surface area contributed by atoms with Gasteiger partial charge in [0.2, 0.25) is 0 Å². The number of benzene rings is 1. The maximum atomic E-state index is 13.2. The summed E-state index contributed by atoms with van der Waals surface area (Å²) in [6.07, 6.45) is 5.63. The summed E-state index contributed by atoms with van der Waals surface area (Å²) in [5, 5.41) is 9.93. The number of aliphatic hydroxyl groups is 1. The molecule has 0 aliphatic heterocycles. The first-order valence-electron chi connectivity index (χ1n) is 8.12. The molecule has 2 aromatic rings. The van der Waals surface area contributed by atoms with Crippen molar-refractivity contribution in [2.75, 3.05) is 0 Å². The smallest absolute Gasteiger partial charge is 0.123 e. The molecule has 1 saturated carbocycles. The van der Waals surface area contributed by atoms with Crippen LogP contribution in [0.25, 0.3) is 11.1 Å². The number of aryl methyl sites for hydroxylation is 1. The molecule has 0 unspecified atom stereocenters. The van der Waals surface area contributed by atoms with Crippen LogP contribution >= 0.6 is 0 Å². The Morgan fingerprint density at radius 1 is 1.18 bits per heavy atom. The Hall–Kier alpha value is -1.74. The SMILES string of the molecule is CCc1cc(-c2ccc(F)cc2)c(CO)c(C2CCCC2)n1. The quantitative estimate of drug-likeness (QED) is 0.895. The highest BCUT2D eigenvalue weighted by Crippen LogP contribution is 2.38. The summed E-state index contributed by atoms with van der Waals surface area (Å²) in [4.78, 5) is 4.81. The summed E-state index contributed by atoms with van der Waals surface area (Å²) in [6, 6.07) is 8.54. The van der Waals surface area contributed by atoms with E-state index in [4.69, 9.17) is 4.98 Å². The number of pyridine rings is 1. The van der Waals surface area contributed by atoms with Crippen LogP contribution in [0.3, 0.4) is 0 Å². The van der Waals surface area contributed by atoms with Crippen molar-refractivity contribution in [2.45, 2.75) is 51.6 Å². The van der Waals surface area contributed by atoms with Gasteiger partial charge in [0.1, 0.15) is 5.82 Å². The summed E-state index contributed by atoms with van der Waals surface area (Å²) in [5.41, 5.74) is 4.95. The van der Waals surface area contributed by atoms with E-state index in [9.17, 15) is 9.50 Å². The van der Waals surface area contributed by atoms with Gasteiger partial charge in [-0.05, 0) is 48.6 Å². The molecular formula is C19H22FNO. The van der Waals surface area contributed by atoms with Crippen molar-refractivity contribution in [2.24, 2.45) is 0 Å². The molecule has 1 aliphatic carbocycles. The van der Waals surface area contributed by atoms with Crippen LogP contribution in [0.5, 0.6) is 0 Å². The lowest BCUT2D eigenvalue weighted by Crippen LogP contribution is -2.07. The maximum absolute atomic E-state index is 13.2. The molecule has 116 valence electrons. The third-order valence-corrected chi connectivity index (χ3v) is 4.63. The number of hydrogen-bond acceptors (Lipinski definition) is 2. The zero-order chi connectivity index (χ0) is 15.5. The number of hydrogen-bond donors (Lipinski definition) is 1. The van der Waals surface area contributed by atoms with Crippen molar-refractivity contribution in [1.82, 2.24) is 4.98 Å². The zero-order valence-electron chi connectivity index (χ0n) is 13.0. The Morgan fingerprint density at radius 3 is 2.45 bits per heavy atom. The van der Waals surface area contributed by atoms with Gasteiger partial charge >= 0.3 is 0 Å². The van der Waals surface area contributed by atoms with E-state index >= 15 is 0 Å². The highest BCUT2D eigenvalue weighted by molar-refractivity contribution is 5.68. The number of nitrogens with zero attached hydrogens (tertiary/aromatic N) is 1. The van der Waals surface area contributed by atoms with Gasteiger partial charge < -0.3 is 5.11 Å². The molecule has 0 spiro atoms. The van der Waals surface area contributed by atoms with E-state index in [0.29, 0.717) is 5.92 Å². The summed E-state index contributed by atoms with van der Waals surface area (Å²) >= 11 is 0. The first-order chi connectivity index (χ1) is 10.7. The molecule has 1 aromatic heterocycles. The minimum absolute atomic E-state index is 0.0183. The van der Waals surface area contributed by atoms with Gasteiger partial charge in [0, 0.05) is 22.9 Å². The van der Waals surface area contributed by atoms with E-state index in [1.54, 1.807) is 12.1 Å². The minimum Gasteiger partial charge on any atom is -0.392 e. The number of rotatable bonds is 4. The standard InChI is InChI=1S/C19H22FNO/c1-2-16-11-17(13-7-9-15(20)10-8-13)18(12-22)19(21-16)14-5-3-4-6-14/h7-11,14,22H,2-6,12H2,1H3. The molecule has 0 amide bonds. The van der Waals surface area contributed by atoms with Gasteiger partial charge in [-0.3, -0.25) is 4.98 Å². The molecule has 1 fully saturated rings. The fourth-order valence-corrected chi connectivity index (χ4v) is 3.42. The average Bonchev–Trinajstić information content (AvgIpc) is 3.08. The molecule has 2 nitrogen and oxygen atoms in total. The second-order valence-corrected chi connectivity index (χ2v) is 6.02. The molecule has 0 radical (unpaired) electrons. The van der Waals surface area contributed by atoms with Gasteiger partial charge in [-0.15, -0.1) is 0 Å². The molecule has 0 bridgehead atoms. The van der Waals surface area contributed by atoms with Crippen LogP contribution in [0, 0.1) is 5.82 Å². The number of aliphatic hydroxyl groups excluding tert-OH is 1. The topological polar surface area (TPSA) is 33.1 Å². The van der Waals surface area contributed by atoms with Crippen LogP contribution in [-0.4, -0.2) is 10.1 Å². The van der Waals surface area contributed by atoms with Gasteiger partial charge in [0.15, 0.2) is 0 Å². The summed E-state index contributed by atoms with van der Waals surface area (Å²) in [5.74, 6) is 0.211. The lowest BCUT2D eigenvalue weighted by atomic mass is 9.91. The van der Waals surface area contributed by atoms with Crippen LogP contribution in [-0.2, 0) is 13.0 Å². The van der Waals surface area contributed by atoms with Crippen molar-refractivity contribution < 1.29 is 9.50 Å². The van der Waals surface area contributed by atoms with Gasteiger partial charge in [-0.2, -0.15) is 0 Å². The van der Waals surface area contributed by atoms with Gasteiger partial charge in [-0.1, -0.05) is 31.9 Å². The predicted molar refractivity (Wildman–Crippen MR) is 86.1 cm³/mol. The maximum Gasteiger partial charge on any atom is 0.123 e. The van der Waals surface area contributed by atoms with Crippen LogP contribution in [0.15, 0.2) is 30.3 Å². The highest BCUT2D eigenvalue weighted by atomic mass is 19.1. The summed E-state index contributed by atoms with van der Waals surface area (Å²) < 4.78 is 13.2. The van der Waals surface area contributed by atoms with E-state index < -0.39 is 0 Å². The lowest BCUT2D eigenvalue weighted by molar-refractivity contribution is 0.279. The zero-order valence-corrected chi connectivity index (χ0v) is 13.0. The highest BCUT2D eigenvalue weighted by Gasteiger charge is 2.24. The first kappa shape index (κ1) is 15.2. The van der Waals surface area contributed by atoms with Crippen molar-refractivity contribution in [3.05, 3.63) is 53.1 Å². The summed E-state index contributed by atoms with van der Waals surface area (Å²) in [7, 11) is 0. The van der Waals surface area contributed by atoms with Crippen molar-refractivity contribution in [3.63, 3.8) is 0 Å². The molecular weight excluding hydrogens is 277 g/mol. The molecule has 3 heteroatoms. The van der Waals surface area contributed by atoms with Crippen LogP contribution in [0.1, 0.15) is 55.5 Å². The lowest BCUT2D eigenvalue weighted by Gasteiger charge is -2.19. The van der Waals surface area contributed by atoms with Crippen LogP contribution < -0.4 is 0 Å². The van der Waals surface area contributed by atoms with E-state index in [1.165, 1.54) is 25.0 Å². The molecule has 1 aromatic carbocycles. The molecule has 3 rings (SSSR count). The Bertz CT molecular complexity index is 645. The number of halogens is 1. The molecule has 1 heterocycles. The number of aromatic nitrogens is 1. The van der Waals surface area contributed by atoms with Crippen molar-refractivity contribution in [1.29, 1.82) is 0 Å². The van der Waals surface area contributed by atoms with E-state index in [1.807, 2.05) is 6.07 Å². The molecule has 0 saturated heterocycles. The molecule has 1 N–H and O–H groups in total. The Morgan fingerprint density at radius 2 is 1.86 bits per heavy atom. The van der Waals surface area contributed by atoms with Crippen LogP contribution in [0.2, 0.25) is 0 Å². The van der Waals surface area contributed by atoms with Crippen molar-refractivity contribution >= 4 is 0 Å². The first-order valence-corrected chi connectivity index (χ1v) is 8.12. The Kier molecular flexibility index (Phi) is 4.53. The van der Waals surface area contributed by atoms with Crippen molar-refractivity contribution in [3.8, 4) is 11.1 Å². The van der Waals surface area contributed by atoms with E-state index in [-0.39, 0.29) is 12.4 Å². The van der Waals surface area contributed by atoms with Gasteiger partial charge in [-0.25, -0.2) is 4.39 Å². The summed E-state index contributed by atoms with van der Waals surface area (Å²) in [6.45, 7) is 2.07. The fraction of sp³-hybridized carbons (Fsp3) is 0.421. The molecule has 0 atom stereocenters. The predicted octanol–water partition coefficient (Wildman–Crippen LogP) is 4.60. The van der Waals surface area contributed by atoms with E-state index in [0.717, 1.165) is 47.3 Å². The monoisotopic (exact) mass is 299 g/mol. The largest absolute Gasteiger partial charge is 0.392 e. The normalized spacial score (nSPS) is 15.4. The van der Waals surface area contributed by atoms with Gasteiger partial charge in [0.05, 0.1) is 6.61 Å². The minimum atomic E-state index is -0.241.